The maximum atomic E-state index is 13.0. The number of amides is 1. The van der Waals surface area contributed by atoms with E-state index < -0.39 is 0 Å². The van der Waals surface area contributed by atoms with Crippen LogP contribution in [0.2, 0.25) is 0 Å². The summed E-state index contributed by atoms with van der Waals surface area (Å²) in [6.45, 7) is 4.41. The van der Waals surface area contributed by atoms with E-state index in [9.17, 15) is 4.79 Å². The van der Waals surface area contributed by atoms with E-state index in [4.69, 9.17) is 4.52 Å². The van der Waals surface area contributed by atoms with Gasteiger partial charge in [0, 0.05) is 38.7 Å². The second-order valence-corrected chi connectivity index (χ2v) is 7.13. The monoisotopic (exact) mass is 391 g/mol. The zero-order valence-electron chi connectivity index (χ0n) is 16.5. The van der Waals surface area contributed by atoms with Crippen molar-refractivity contribution in [3.8, 4) is 11.5 Å². The highest BCUT2D eigenvalue weighted by Gasteiger charge is 2.28. The minimum atomic E-state index is 0.0499. The van der Waals surface area contributed by atoms with Crippen molar-refractivity contribution < 1.29 is 9.32 Å². The fraction of sp³-hybridized carbons (Fsp3) is 0.364. The highest BCUT2D eigenvalue weighted by molar-refractivity contribution is 5.77. The number of piperazine rings is 1. The molecule has 1 saturated heterocycles. The molecule has 29 heavy (non-hydrogen) atoms. The lowest BCUT2D eigenvalue weighted by atomic mass is 10.0. The molecule has 1 unspecified atom stereocenters. The normalized spacial score (nSPS) is 16.7. The molecule has 1 amide bonds. The summed E-state index contributed by atoms with van der Waals surface area (Å²) in [5.41, 5.74) is 3.12. The van der Waals surface area contributed by atoms with Crippen LogP contribution >= 0.6 is 0 Å². The Morgan fingerprint density at radius 1 is 1.24 bits per heavy atom. The van der Waals surface area contributed by atoms with Gasteiger partial charge in [0.1, 0.15) is 5.69 Å². The van der Waals surface area contributed by atoms with Crippen LogP contribution in [0.1, 0.15) is 36.4 Å². The van der Waals surface area contributed by atoms with Crippen LogP contribution in [0.4, 0.5) is 0 Å². The first-order chi connectivity index (χ1) is 14.2. The average Bonchev–Trinajstić information content (AvgIpc) is 3.27. The molecule has 150 valence electrons. The van der Waals surface area contributed by atoms with Crippen LogP contribution in [0.25, 0.3) is 11.5 Å². The molecule has 7 heteroatoms. The summed E-state index contributed by atoms with van der Waals surface area (Å²) in [5, 5.41) is 7.37. The van der Waals surface area contributed by atoms with Crippen molar-refractivity contribution in [3.05, 3.63) is 65.7 Å². The topological polar surface area (TPSA) is 84.2 Å². The van der Waals surface area contributed by atoms with E-state index in [0.29, 0.717) is 36.8 Å². The molecule has 0 bridgehead atoms. The summed E-state index contributed by atoms with van der Waals surface area (Å²) in [5.74, 6) is 1.01. The first kappa shape index (κ1) is 19.3. The predicted molar refractivity (Wildman–Crippen MR) is 109 cm³/mol. The van der Waals surface area contributed by atoms with Crippen molar-refractivity contribution in [2.75, 3.05) is 19.6 Å². The molecule has 1 aliphatic rings. The number of hydrogen-bond donors (Lipinski definition) is 1. The van der Waals surface area contributed by atoms with Crippen LogP contribution in [0, 0.1) is 0 Å². The number of nitrogens with one attached hydrogen (secondary N) is 1. The largest absolute Gasteiger partial charge is 0.339 e. The maximum Gasteiger partial charge on any atom is 0.227 e. The molecule has 3 aromatic rings. The molecule has 1 atom stereocenters. The lowest BCUT2D eigenvalue weighted by molar-refractivity contribution is -0.134. The third-order valence-electron chi connectivity index (χ3n) is 5.25. The van der Waals surface area contributed by atoms with Crippen LogP contribution in [0.5, 0.6) is 0 Å². The van der Waals surface area contributed by atoms with Gasteiger partial charge in [-0.25, -0.2) is 0 Å². The van der Waals surface area contributed by atoms with Crippen LogP contribution in [0.15, 0.2) is 53.2 Å². The van der Waals surface area contributed by atoms with Crippen LogP contribution < -0.4 is 5.32 Å². The molecule has 1 fully saturated rings. The molecule has 1 N–H and O–H groups in total. The van der Waals surface area contributed by atoms with Gasteiger partial charge in [-0.15, -0.1) is 0 Å². The van der Waals surface area contributed by atoms with E-state index in [1.807, 2.05) is 23.1 Å². The maximum absolute atomic E-state index is 13.0. The number of aromatic nitrogens is 3. The molecule has 0 radical (unpaired) electrons. The van der Waals surface area contributed by atoms with Gasteiger partial charge >= 0.3 is 0 Å². The fourth-order valence-electron chi connectivity index (χ4n) is 3.59. The standard InChI is InChI=1S/C22H25N5O2/c1-2-16-6-8-17(9-7-16)19-15-23-13-14-27(19)21(28)11-10-20-25-22(26-29-20)18-5-3-4-12-24-18/h3-9,12,19,23H,2,10-11,13-15H2,1H3. The second kappa shape index (κ2) is 8.96. The number of pyridine rings is 1. The van der Waals surface area contributed by atoms with E-state index in [0.717, 1.165) is 25.1 Å². The number of aryl methyl sites for hydroxylation is 2. The molecule has 4 rings (SSSR count). The van der Waals surface area contributed by atoms with Gasteiger partial charge in [0.05, 0.1) is 6.04 Å². The lowest BCUT2D eigenvalue weighted by Gasteiger charge is -2.36. The highest BCUT2D eigenvalue weighted by atomic mass is 16.5. The van der Waals surface area contributed by atoms with E-state index in [-0.39, 0.29) is 11.9 Å². The highest BCUT2D eigenvalue weighted by Crippen LogP contribution is 2.24. The van der Waals surface area contributed by atoms with Crippen molar-refractivity contribution in [1.82, 2.24) is 25.3 Å². The Labute approximate surface area is 170 Å². The number of carbonyl (C=O) groups is 1. The lowest BCUT2D eigenvalue weighted by Crippen LogP contribution is -2.48. The Hall–Kier alpha value is -3.06. The van der Waals surface area contributed by atoms with E-state index in [1.54, 1.807) is 6.20 Å². The average molecular weight is 391 g/mol. The molecule has 0 spiro atoms. The Kier molecular flexibility index (Phi) is 5.95. The number of carbonyl (C=O) groups excluding carboxylic acids is 1. The van der Waals surface area contributed by atoms with Gasteiger partial charge in [-0.1, -0.05) is 42.4 Å². The van der Waals surface area contributed by atoms with E-state index in [2.05, 4.69) is 51.6 Å². The summed E-state index contributed by atoms with van der Waals surface area (Å²) in [4.78, 5) is 23.5. The quantitative estimate of drug-likeness (QED) is 0.696. The van der Waals surface area contributed by atoms with Crippen molar-refractivity contribution in [2.45, 2.75) is 32.2 Å². The predicted octanol–water partition coefficient (Wildman–Crippen LogP) is 2.80. The zero-order valence-corrected chi connectivity index (χ0v) is 16.5. The molecule has 0 saturated carbocycles. The summed E-state index contributed by atoms with van der Waals surface area (Å²) < 4.78 is 5.31. The molecular formula is C22H25N5O2. The second-order valence-electron chi connectivity index (χ2n) is 7.13. The molecule has 0 aliphatic carbocycles. The minimum Gasteiger partial charge on any atom is -0.339 e. The van der Waals surface area contributed by atoms with E-state index >= 15 is 0 Å². The number of nitrogens with zero attached hydrogens (tertiary/aromatic N) is 4. The molecule has 7 nitrogen and oxygen atoms in total. The van der Waals surface area contributed by atoms with Gasteiger partial charge in [0.2, 0.25) is 17.6 Å². The van der Waals surface area contributed by atoms with E-state index in [1.165, 1.54) is 5.56 Å². The third-order valence-corrected chi connectivity index (χ3v) is 5.25. The molecular weight excluding hydrogens is 366 g/mol. The zero-order chi connectivity index (χ0) is 20.1. The van der Waals surface area contributed by atoms with Gasteiger partial charge in [-0.05, 0) is 29.7 Å². The summed E-state index contributed by atoms with van der Waals surface area (Å²) in [7, 11) is 0. The first-order valence-corrected chi connectivity index (χ1v) is 10.1. The van der Waals surface area contributed by atoms with Crippen molar-refractivity contribution in [3.63, 3.8) is 0 Å². The van der Waals surface area contributed by atoms with Gasteiger partial charge in [0.15, 0.2) is 0 Å². The Bertz CT molecular complexity index is 939. The molecule has 3 heterocycles. The summed E-state index contributed by atoms with van der Waals surface area (Å²) in [6.07, 6.45) is 3.46. The smallest absolute Gasteiger partial charge is 0.227 e. The number of rotatable bonds is 6. The van der Waals surface area contributed by atoms with Gasteiger partial charge in [0.25, 0.3) is 0 Å². The fourth-order valence-corrected chi connectivity index (χ4v) is 3.59. The van der Waals surface area contributed by atoms with Crippen LogP contribution in [-0.2, 0) is 17.6 Å². The van der Waals surface area contributed by atoms with Crippen LogP contribution in [0.3, 0.4) is 0 Å². The summed E-state index contributed by atoms with van der Waals surface area (Å²) >= 11 is 0. The van der Waals surface area contributed by atoms with Gasteiger partial charge in [-0.3, -0.25) is 9.78 Å². The van der Waals surface area contributed by atoms with Gasteiger partial charge < -0.3 is 14.7 Å². The van der Waals surface area contributed by atoms with Crippen molar-refractivity contribution in [1.29, 1.82) is 0 Å². The van der Waals surface area contributed by atoms with Gasteiger partial charge in [-0.2, -0.15) is 4.98 Å². The first-order valence-electron chi connectivity index (χ1n) is 10.1. The Morgan fingerprint density at radius 2 is 2.10 bits per heavy atom. The Balaban J connectivity index is 1.40. The van der Waals surface area contributed by atoms with Crippen LogP contribution in [-0.4, -0.2) is 45.6 Å². The Morgan fingerprint density at radius 3 is 2.86 bits per heavy atom. The molecule has 2 aromatic heterocycles. The molecule has 1 aliphatic heterocycles. The number of benzene rings is 1. The third kappa shape index (κ3) is 4.51. The number of hydrogen-bond acceptors (Lipinski definition) is 6. The summed E-state index contributed by atoms with van der Waals surface area (Å²) in [6, 6.07) is 14.1. The van der Waals surface area contributed by atoms with Crippen molar-refractivity contribution in [2.24, 2.45) is 0 Å². The SMILES string of the molecule is CCc1ccc(C2CNCCN2C(=O)CCc2nc(-c3ccccn3)no2)cc1. The molecule has 1 aromatic carbocycles. The van der Waals surface area contributed by atoms with Crippen molar-refractivity contribution >= 4 is 5.91 Å². The minimum absolute atomic E-state index is 0.0499.